The number of likely N-dealkylation sites (N-methyl/N-ethyl adjacent to an activating group) is 1. The van der Waals surface area contributed by atoms with Crippen molar-refractivity contribution in [1.82, 2.24) is 40.3 Å². The van der Waals surface area contributed by atoms with Gasteiger partial charge in [0.1, 0.15) is 17.1 Å². The molecule has 4 heterocycles. The first-order valence-corrected chi connectivity index (χ1v) is 19.0. The van der Waals surface area contributed by atoms with E-state index < -0.39 is 35.6 Å². The molecule has 1 unspecified atom stereocenters. The maximum atomic E-state index is 14.0. The number of nitrogen functional groups attached to an aromatic ring is 1. The van der Waals surface area contributed by atoms with Crippen LogP contribution in [0.3, 0.4) is 0 Å². The van der Waals surface area contributed by atoms with Gasteiger partial charge in [0.05, 0.1) is 18.7 Å². The fraction of sp³-hybridized carbons (Fsp3) is 0.667. The largest absolute Gasteiger partial charge is 0.425 e. The first-order valence-electron chi connectivity index (χ1n) is 16.1. The lowest BCUT2D eigenvalue weighted by Gasteiger charge is -2.49. The van der Waals surface area contributed by atoms with Crippen LogP contribution in [0, 0.1) is 11.8 Å². The zero-order valence-corrected chi connectivity index (χ0v) is 32.5. The van der Waals surface area contributed by atoms with Gasteiger partial charge in [-0.25, -0.2) is 14.5 Å². The number of esters is 2. The van der Waals surface area contributed by atoms with E-state index in [0.29, 0.717) is 39.6 Å². The number of hydrogen-bond acceptors (Lipinski definition) is 15. The summed E-state index contributed by atoms with van der Waals surface area (Å²) in [6, 6.07) is -0.831. The van der Waals surface area contributed by atoms with Crippen molar-refractivity contribution in [1.29, 1.82) is 0 Å². The average molecular weight is 795 g/mol. The molecule has 3 N–H and O–H groups in total. The Balaban J connectivity index is 0.00000338. The van der Waals surface area contributed by atoms with Crippen LogP contribution in [-0.2, 0) is 41.6 Å². The Hall–Kier alpha value is -2.64. The molecular formula is C30H45Cl2N9O6S3. The number of carbonyl (C=O) groups excluding carboxylic acids is 4. The third kappa shape index (κ3) is 10.7. The number of hydrogen-bond donors (Lipinski definition) is 2. The summed E-state index contributed by atoms with van der Waals surface area (Å²) < 4.78 is 13.3. The lowest BCUT2D eigenvalue weighted by Crippen LogP contribution is -2.70. The van der Waals surface area contributed by atoms with E-state index in [-0.39, 0.29) is 61.1 Å². The Morgan fingerprint density at radius 2 is 1.90 bits per heavy atom. The highest BCUT2D eigenvalue weighted by Gasteiger charge is 2.54. The molecule has 1 saturated carbocycles. The lowest BCUT2D eigenvalue weighted by atomic mass is 9.87. The molecule has 50 heavy (non-hydrogen) atoms. The van der Waals surface area contributed by atoms with Gasteiger partial charge in [0, 0.05) is 35.8 Å². The molecule has 3 aliphatic rings. The second-order valence-electron chi connectivity index (χ2n) is 12.8. The number of nitrogens with zero attached hydrogens (tertiary/aromatic N) is 7. The van der Waals surface area contributed by atoms with Crippen LogP contribution in [0.1, 0.15) is 58.1 Å². The predicted molar refractivity (Wildman–Crippen MR) is 196 cm³/mol. The highest BCUT2D eigenvalue weighted by Crippen LogP contribution is 2.42. The fourth-order valence-corrected chi connectivity index (χ4v) is 8.68. The summed E-state index contributed by atoms with van der Waals surface area (Å²) in [4.78, 5) is 60.8. The molecule has 0 aromatic carbocycles. The van der Waals surface area contributed by atoms with Crippen LogP contribution in [-0.4, -0.2) is 109 Å². The summed E-state index contributed by atoms with van der Waals surface area (Å²) in [6.07, 6.45) is 4.48. The quantitative estimate of drug-likeness (QED) is 0.116. The standard InChI is InChI=1S/C30H43N9O6S3.2ClH/c1-17(2)28(44-22(41)12-18-8-6-5-7-9-18)45-27(43)24-19(15-48-30-34-35-36-38(30)11-10-37(3)4)14-46-26-23(25(42)39(24)26)33-21(40)13-20-16-47-29(31)32-20;;/h16-18,23,26,28H,5-15H2,1-4H3,(H2,31,32)(H,33,40);2*1H/t23-,26+,28?;;/m1../s1. The molecule has 2 amide bonds. The number of amides is 2. The molecule has 0 bridgehead atoms. The number of thiazole rings is 1. The molecule has 2 aliphatic heterocycles. The van der Waals surface area contributed by atoms with Gasteiger partial charge in [-0.3, -0.25) is 19.3 Å². The molecule has 20 heteroatoms. The molecule has 2 aromatic rings. The third-order valence-electron chi connectivity index (χ3n) is 8.30. The number of halogens is 2. The van der Waals surface area contributed by atoms with Gasteiger partial charge in [-0.2, -0.15) is 0 Å². The second kappa shape index (κ2) is 19.3. The highest BCUT2D eigenvalue weighted by atomic mass is 35.5. The van der Waals surface area contributed by atoms with Crippen molar-refractivity contribution >= 4 is 88.6 Å². The minimum Gasteiger partial charge on any atom is -0.425 e. The molecule has 1 aliphatic carbocycles. The number of fused-ring (bicyclic) bond motifs is 1. The van der Waals surface area contributed by atoms with Gasteiger partial charge in [0.15, 0.2) is 5.13 Å². The Morgan fingerprint density at radius 3 is 2.56 bits per heavy atom. The van der Waals surface area contributed by atoms with Crippen LogP contribution in [0.25, 0.3) is 0 Å². The summed E-state index contributed by atoms with van der Waals surface area (Å²) in [5.41, 5.74) is 6.95. The Labute approximate surface area is 316 Å². The number of ether oxygens (including phenoxy) is 2. The second-order valence-corrected chi connectivity index (χ2v) is 15.7. The number of anilines is 1. The molecular weight excluding hydrogens is 749 g/mol. The molecule has 0 radical (unpaired) electrons. The van der Waals surface area contributed by atoms with Crippen LogP contribution in [0.4, 0.5) is 5.13 Å². The number of tetrazole rings is 1. The Kier molecular flexibility index (Phi) is 16.1. The summed E-state index contributed by atoms with van der Waals surface area (Å²) in [5, 5.41) is 16.9. The van der Waals surface area contributed by atoms with Gasteiger partial charge in [0.25, 0.3) is 5.91 Å². The minimum absolute atomic E-state index is 0. The zero-order chi connectivity index (χ0) is 34.4. The van der Waals surface area contributed by atoms with Gasteiger partial charge < -0.3 is 25.4 Å². The van der Waals surface area contributed by atoms with Crippen LogP contribution >= 0.6 is 59.7 Å². The van der Waals surface area contributed by atoms with E-state index >= 15 is 0 Å². The van der Waals surface area contributed by atoms with E-state index in [2.05, 4.69) is 25.8 Å². The van der Waals surface area contributed by atoms with Crippen LogP contribution in [0.5, 0.6) is 0 Å². The van der Waals surface area contributed by atoms with Gasteiger partial charge in [-0.1, -0.05) is 44.9 Å². The number of aromatic nitrogens is 5. The van der Waals surface area contributed by atoms with Crippen molar-refractivity contribution < 1.29 is 28.7 Å². The predicted octanol–water partition coefficient (Wildman–Crippen LogP) is 3.14. The smallest absolute Gasteiger partial charge is 0.358 e. The number of β-lactam (4-membered cyclic amide) rings is 1. The van der Waals surface area contributed by atoms with Crippen molar-refractivity contribution in [2.45, 2.75) is 88.2 Å². The van der Waals surface area contributed by atoms with Crippen molar-refractivity contribution in [3.8, 4) is 0 Å². The fourth-order valence-electron chi connectivity index (χ4n) is 5.72. The summed E-state index contributed by atoms with van der Waals surface area (Å²) >= 11 is 4.03. The Morgan fingerprint density at radius 1 is 1.16 bits per heavy atom. The molecule has 2 aromatic heterocycles. The van der Waals surface area contributed by atoms with E-state index in [1.165, 1.54) is 46.2 Å². The summed E-state index contributed by atoms with van der Waals surface area (Å²) in [7, 11) is 3.92. The maximum Gasteiger partial charge on any atom is 0.358 e. The van der Waals surface area contributed by atoms with E-state index in [1.54, 1.807) is 23.9 Å². The maximum absolute atomic E-state index is 14.0. The Bertz CT molecular complexity index is 1520. The van der Waals surface area contributed by atoms with Gasteiger partial charge in [-0.15, -0.1) is 53.0 Å². The minimum atomic E-state index is -1.13. The molecule has 1 saturated heterocycles. The van der Waals surface area contributed by atoms with Crippen LogP contribution in [0.15, 0.2) is 21.8 Å². The normalized spacial score (nSPS) is 19.6. The number of carbonyl (C=O) groups is 4. The number of rotatable bonds is 15. The topological polar surface area (TPSA) is 188 Å². The molecule has 2 fully saturated rings. The third-order valence-corrected chi connectivity index (χ3v) is 11.4. The monoisotopic (exact) mass is 793 g/mol. The zero-order valence-electron chi connectivity index (χ0n) is 28.4. The number of nitrogens with one attached hydrogen (secondary N) is 1. The average Bonchev–Trinajstić information content (AvgIpc) is 3.68. The summed E-state index contributed by atoms with van der Waals surface area (Å²) in [6.45, 7) is 4.92. The van der Waals surface area contributed by atoms with Gasteiger partial charge >= 0.3 is 11.9 Å². The van der Waals surface area contributed by atoms with Crippen molar-refractivity contribution in [3.63, 3.8) is 0 Å². The molecule has 15 nitrogen and oxygen atoms in total. The SMILES string of the molecule is CC(C)C(OC(=O)CC1CCCCC1)OC(=O)C1=C(CSc2nnnn2CCN(C)C)CS[C@H]2[C@H](NC(=O)Cc3csc(N)n3)C(=O)N12.Cl.Cl. The molecule has 3 atom stereocenters. The molecule has 278 valence electrons. The van der Waals surface area contributed by atoms with E-state index in [1.807, 2.05) is 19.0 Å². The van der Waals surface area contributed by atoms with E-state index in [0.717, 1.165) is 32.2 Å². The van der Waals surface area contributed by atoms with Crippen molar-refractivity contribution in [2.24, 2.45) is 11.8 Å². The van der Waals surface area contributed by atoms with Gasteiger partial charge in [-0.05, 0) is 48.9 Å². The van der Waals surface area contributed by atoms with Crippen molar-refractivity contribution in [2.75, 3.05) is 37.9 Å². The molecule has 5 rings (SSSR count). The number of thioether (sulfide) groups is 2. The highest BCUT2D eigenvalue weighted by molar-refractivity contribution is 8.01. The lowest BCUT2D eigenvalue weighted by molar-refractivity contribution is -0.196. The van der Waals surface area contributed by atoms with Crippen LogP contribution < -0.4 is 11.1 Å². The van der Waals surface area contributed by atoms with Crippen molar-refractivity contribution in [3.05, 3.63) is 22.3 Å². The first-order chi connectivity index (χ1) is 23.0. The van der Waals surface area contributed by atoms with E-state index in [9.17, 15) is 19.2 Å². The van der Waals surface area contributed by atoms with Gasteiger partial charge in [0.2, 0.25) is 17.4 Å². The van der Waals surface area contributed by atoms with E-state index in [4.69, 9.17) is 15.2 Å². The molecule has 0 spiro atoms. The first kappa shape index (κ1) is 41.8. The van der Waals surface area contributed by atoms with Crippen LogP contribution in [0.2, 0.25) is 0 Å². The number of nitrogens with two attached hydrogens (primary N) is 1. The summed E-state index contributed by atoms with van der Waals surface area (Å²) in [5.74, 6) is -1.31.